The van der Waals surface area contributed by atoms with Gasteiger partial charge >= 0.3 is 0 Å². The zero-order chi connectivity index (χ0) is 13.2. The molecule has 3 nitrogen and oxygen atoms in total. The van der Waals surface area contributed by atoms with E-state index >= 15 is 0 Å². The molecule has 0 saturated carbocycles. The van der Waals surface area contributed by atoms with Crippen molar-refractivity contribution in [3.05, 3.63) is 11.1 Å². The van der Waals surface area contributed by atoms with E-state index in [1.165, 1.54) is 18.4 Å². The van der Waals surface area contributed by atoms with E-state index in [0.29, 0.717) is 18.1 Å². The summed E-state index contributed by atoms with van der Waals surface area (Å²) in [6.07, 6.45) is 5.89. The maximum Gasteiger partial charge on any atom is 0.161 e. The largest absolute Gasteiger partial charge is 0.392 e. The number of aliphatic hydroxyl groups is 1. The van der Waals surface area contributed by atoms with Crippen LogP contribution in [0.25, 0.3) is 0 Å². The Balaban J connectivity index is 1.93. The van der Waals surface area contributed by atoms with Gasteiger partial charge in [0.2, 0.25) is 0 Å². The van der Waals surface area contributed by atoms with Crippen LogP contribution in [-0.2, 0) is 4.79 Å². The fourth-order valence-corrected chi connectivity index (χ4v) is 5.47. The van der Waals surface area contributed by atoms with Crippen molar-refractivity contribution >= 4 is 5.78 Å². The molecule has 0 aromatic carbocycles. The minimum atomic E-state index is -0.295. The molecule has 1 N–H and O–H groups in total. The van der Waals surface area contributed by atoms with E-state index in [0.717, 1.165) is 37.9 Å². The summed E-state index contributed by atoms with van der Waals surface area (Å²) in [5.41, 5.74) is 2.49. The van der Waals surface area contributed by atoms with Crippen molar-refractivity contribution in [2.24, 2.45) is 11.8 Å². The lowest BCUT2D eigenvalue weighted by atomic mass is 9.54. The Bertz CT molecular complexity index is 467. The van der Waals surface area contributed by atoms with Crippen molar-refractivity contribution in [2.75, 3.05) is 13.1 Å². The molecule has 0 aromatic rings. The Morgan fingerprint density at radius 2 is 2.11 bits per heavy atom. The predicted molar refractivity (Wildman–Crippen MR) is 72.7 cm³/mol. The van der Waals surface area contributed by atoms with Gasteiger partial charge in [-0.1, -0.05) is 6.92 Å². The maximum absolute atomic E-state index is 12.5. The Kier molecular flexibility index (Phi) is 2.50. The first-order valence-corrected chi connectivity index (χ1v) is 7.84. The molecule has 4 rings (SSSR count). The number of carbonyl (C=O) groups is 1. The summed E-state index contributed by atoms with van der Waals surface area (Å²) < 4.78 is 0. The first-order valence-electron chi connectivity index (χ1n) is 7.84. The van der Waals surface area contributed by atoms with E-state index < -0.39 is 0 Å². The Labute approximate surface area is 114 Å². The van der Waals surface area contributed by atoms with Gasteiger partial charge < -0.3 is 5.11 Å². The molecule has 2 saturated heterocycles. The smallest absolute Gasteiger partial charge is 0.161 e. The van der Waals surface area contributed by atoms with Crippen LogP contribution in [0.3, 0.4) is 0 Å². The molecule has 2 bridgehead atoms. The predicted octanol–water partition coefficient (Wildman–Crippen LogP) is 1.90. The summed E-state index contributed by atoms with van der Waals surface area (Å²) in [6, 6.07) is 0. The maximum atomic E-state index is 12.5. The second-order valence-electron chi connectivity index (χ2n) is 6.96. The van der Waals surface area contributed by atoms with E-state index in [-0.39, 0.29) is 17.6 Å². The van der Waals surface area contributed by atoms with Crippen LogP contribution < -0.4 is 0 Å². The SMILES string of the molecule is C[C@@H]1C[C@@]23C4=C(C[C@@H](O)[C@H]2CCCN3CCC4)C1=O. The van der Waals surface area contributed by atoms with Gasteiger partial charge in [0.25, 0.3) is 0 Å². The molecular formula is C16H23NO2. The third-order valence-corrected chi connectivity index (χ3v) is 6.10. The van der Waals surface area contributed by atoms with Crippen LogP contribution in [0.15, 0.2) is 11.1 Å². The summed E-state index contributed by atoms with van der Waals surface area (Å²) in [5.74, 6) is 0.842. The highest BCUT2D eigenvalue weighted by Gasteiger charge is 2.59. The van der Waals surface area contributed by atoms with Crippen LogP contribution in [0.5, 0.6) is 0 Å². The molecule has 104 valence electrons. The van der Waals surface area contributed by atoms with Crippen LogP contribution in [0, 0.1) is 11.8 Å². The molecule has 4 atom stereocenters. The fraction of sp³-hybridized carbons (Fsp3) is 0.812. The third-order valence-electron chi connectivity index (χ3n) is 6.10. The summed E-state index contributed by atoms with van der Waals surface area (Å²) >= 11 is 0. The van der Waals surface area contributed by atoms with E-state index in [4.69, 9.17) is 0 Å². The number of nitrogens with zero attached hydrogens (tertiary/aromatic N) is 1. The van der Waals surface area contributed by atoms with Crippen molar-refractivity contribution in [3.8, 4) is 0 Å². The molecule has 0 aromatic heterocycles. The van der Waals surface area contributed by atoms with Crippen LogP contribution in [0.4, 0.5) is 0 Å². The van der Waals surface area contributed by atoms with E-state index in [9.17, 15) is 9.90 Å². The number of carbonyl (C=O) groups excluding carboxylic acids is 1. The zero-order valence-corrected chi connectivity index (χ0v) is 11.7. The van der Waals surface area contributed by atoms with Crippen molar-refractivity contribution in [1.82, 2.24) is 4.90 Å². The standard InChI is InChI=1S/C16H23NO2/c1-10-9-16-12-4-2-6-17(16)7-3-5-13(16)14(18)8-11(12)15(10)19/h10,13-14,18H,2-9H2,1H3/t10-,13-,14-,16-/m1/s1. The fourth-order valence-electron chi connectivity index (χ4n) is 5.47. The van der Waals surface area contributed by atoms with Gasteiger partial charge in [-0.3, -0.25) is 9.69 Å². The summed E-state index contributed by atoms with van der Waals surface area (Å²) in [6.45, 7) is 4.39. The van der Waals surface area contributed by atoms with Crippen LogP contribution in [-0.4, -0.2) is 40.5 Å². The average Bonchev–Trinajstić information content (AvgIpc) is 2.40. The topological polar surface area (TPSA) is 40.5 Å². The Morgan fingerprint density at radius 3 is 2.95 bits per heavy atom. The first-order chi connectivity index (χ1) is 9.14. The van der Waals surface area contributed by atoms with Gasteiger partial charge in [-0.15, -0.1) is 0 Å². The second-order valence-corrected chi connectivity index (χ2v) is 6.96. The molecule has 0 amide bonds. The zero-order valence-electron chi connectivity index (χ0n) is 11.7. The highest BCUT2D eigenvalue weighted by Crippen LogP contribution is 2.56. The van der Waals surface area contributed by atoms with Gasteiger partial charge in [-0.2, -0.15) is 0 Å². The third kappa shape index (κ3) is 1.38. The second kappa shape index (κ2) is 3.92. The lowest BCUT2D eigenvalue weighted by Crippen LogP contribution is -2.67. The molecule has 2 aliphatic carbocycles. The van der Waals surface area contributed by atoms with Crippen molar-refractivity contribution < 1.29 is 9.90 Å². The molecule has 0 radical (unpaired) electrons. The molecule has 0 unspecified atom stereocenters. The van der Waals surface area contributed by atoms with Crippen LogP contribution in [0.2, 0.25) is 0 Å². The lowest BCUT2D eigenvalue weighted by Gasteiger charge is -2.62. The average molecular weight is 261 g/mol. The minimum Gasteiger partial charge on any atom is -0.392 e. The van der Waals surface area contributed by atoms with Gasteiger partial charge in [-0.05, 0) is 56.3 Å². The number of hydrogen-bond donors (Lipinski definition) is 1. The minimum absolute atomic E-state index is 0.0524. The molecule has 1 spiro atoms. The highest BCUT2D eigenvalue weighted by molar-refractivity contribution is 5.99. The van der Waals surface area contributed by atoms with Crippen molar-refractivity contribution in [3.63, 3.8) is 0 Å². The molecule has 2 aliphatic heterocycles. The van der Waals surface area contributed by atoms with Gasteiger partial charge in [0.1, 0.15) is 0 Å². The van der Waals surface area contributed by atoms with Gasteiger partial charge in [0, 0.05) is 23.8 Å². The van der Waals surface area contributed by atoms with Gasteiger partial charge in [0.15, 0.2) is 5.78 Å². The quantitative estimate of drug-likeness (QED) is 0.724. The van der Waals surface area contributed by atoms with Gasteiger partial charge in [-0.25, -0.2) is 0 Å². The van der Waals surface area contributed by atoms with Crippen molar-refractivity contribution in [1.29, 1.82) is 0 Å². The van der Waals surface area contributed by atoms with Gasteiger partial charge in [0.05, 0.1) is 6.10 Å². The first kappa shape index (κ1) is 12.1. The summed E-state index contributed by atoms with van der Waals surface area (Å²) in [7, 11) is 0. The molecule has 3 heteroatoms. The summed E-state index contributed by atoms with van der Waals surface area (Å²) in [5, 5.41) is 10.6. The summed E-state index contributed by atoms with van der Waals surface area (Å²) in [4.78, 5) is 15.1. The molecule has 19 heavy (non-hydrogen) atoms. The van der Waals surface area contributed by atoms with E-state index in [2.05, 4.69) is 11.8 Å². The normalized spacial score (nSPS) is 46.2. The van der Waals surface area contributed by atoms with E-state index in [1.54, 1.807) is 0 Å². The van der Waals surface area contributed by atoms with Crippen LogP contribution in [0.1, 0.15) is 45.4 Å². The Morgan fingerprint density at radius 1 is 1.32 bits per heavy atom. The van der Waals surface area contributed by atoms with E-state index in [1.807, 2.05) is 0 Å². The molecular weight excluding hydrogens is 238 g/mol. The number of aliphatic hydroxyl groups excluding tert-OH is 1. The molecule has 2 heterocycles. The Hall–Kier alpha value is -0.670. The number of piperidine rings is 2. The van der Waals surface area contributed by atoms with Crippen molar-refractivity contribution in [2.45, 2.75) is 57.1 Å². The number of ketones is 1. The molecule has 2 fully saturated rings. The van der Waals surface area contributed by atoms with Crippen LogP contribution >= 0.6 is 0 Å². The monoisotopic (exact) mass is 261 g/mol. The number of Topliss-reactive ketones (excluding diaryl/α,β-unsaturated/α-hetero) is 1. The highest BCUT2D eigenvalue weighted by atomic mass is 16.3. The number of rotatable bonds is 0. The number of hydrogen-bond acceptors (Lipinski definition) is 3. The molecule has 4 aliphatic rings. The lowest BCUT2D eigenvalue weighted by molar-refractivity contribution is -0.130.